The quantitative estimate of drug-likeness (QED) is 0.817. The van der Waals surface area contributed by atoms with Crippen molar-refractivity contribution in [1.82, 2.24) is 9.80 Å². The van der Waals surface area contributed by atoms with Crippen LogP contribution in [0.25, 0.3) is 0 Å². The summed E-state index contributed by atoms with van der Waals surface area (Å²) in [4.78, 5) is 26.0. The molecule has 144 valence electrons. The van der Waals surface area contributed by atoms with E-state index < -0.39 is 0 Å². The maximum absolute atomic E-state index is 12.6. The van der Waals surface area contributed by atoms with Crippen molar-refractivity contribution in [2.75, 3.05) is 32.8 Å². The molecule has 1 saturated heterocycles. The molecule has 0 aliphatic carbocycles. The van der Waals surface area contributed by atoms with Crippen LogP contribution in [-0.2, 0) is 16.1 Å². The van der Waals surface area contributed by atoms with Gasteiger partial charge in [-0.3, -0.25) is 4.79 Å². The Labute approximate surface area is 167 Å². The van der Waals surface area contributed by atoms with Gasteiger partial charge in [-0.2, -0.15) is 4.99 Å². The van der Waals surface area contributed by atoms with Crippen molar-refractivity contribution in [3.8, 4) is 0 Å². The first-order chi connectivity index (χ1) is 13.1. The van der Waals surface area contributed by atoms with Crippen LogP contribution in [0.3, 0.4) is 0 Å². The van der Waals surface area contributed by atoms with E-state index in [0.717, 1.165) is 34.4 Å². The van der Waals surface area contributed by atoms with Crippen LogP contribution in [0.2, 0.25) is 5.02 Å². The van der Waals surface area contributed by atoms with E-state index in [1.165, 1.54) is 11.8 Å². The molecule has 4 rings (SSSR count). The molecule has 0 bridgehead atoms. The SMILES string of the molecule is Cc1c(Cl)cccc1CN1C(CN)=NC(=O)C2SC(N3CCOCC3)=NC21. The van der Waals surface area contributed by atoms with Gasteiger partial charge in [0.05, 0.1) is 19.8 Å². The van der Waals surface area contributed by atoms with E-state index in [2.05, 4.69) is 9.89 Å². The van der Waals surface area contributed by atoms with Gasteiger partial charge in [0.1, 0.15) is 17.3 Å². The smallest absolute Gasteiger partial charge is 0.265 e. The number of thioether (sulfide) groups is 1. The molecule has 3 aliphatic heterocycles. The minimum Gasteiger partial charge on any atom is -0.378 e. The Balaban J connectivity index is 1.64. The second-order valence-electron chi connectivity index (χ2n) is 6.69. The van der Waals surface area contributed by atoms with Crippen LogP contribution in [0.1, 0.15) is 11.1 Å². The number of carbonyl (C=O) groups excluding carboxylic acids is 1. The lowest BCUT2D eigenvalue weighted by molar-refractivity contribution is -0.118. The summed E-state index contributed by atoms with van der Waals surface area (Å²) in [6, 6.07) is 5.85. The second kappa shape index (κ2) is 7.79. The topological polar surface area (TPSA) is 83.5 Å². The second-order valence-corrected chi connectivity index (χ2v) is 8.20. The van der Waals surface area contributed by atoms with Crippen LogP contribution in [-0.4, -0.2) is 71.0 Å². The molecule has 0 aromatic heterocycles. The van der Waals surface area contributed by atoms with E-state index in [1.807, 2.05) is 30.0 Å². The predicted octanol–water partition coefficient (Wildman–Crippen LogP) is 1.48. The van der Waals surface area contributed by atoms with E-state index in [4.69, 9.17) is 27.1 Å². The highest BCUT2D eigenvalue weighted by atomic mass is 35.5. The number of benzene rings is 1. The molecule has 1 aromatic rings. The molecule has 1 amide bonds. The maximum atomic E-state index is 12.6. The number of carbonyl (C=O) groups is 1. The normalized spacial score (nSPS) is 25.4. The van der Waals surface area contributed by atoms with Crippen LogP contribution in [0.15, 0.2) is 28.2 Å². The Bertz CT molecular complexity index is 809. The summed E-state index contributed by atoms with van der Waals surface area (Å²) in [6.45, 7) is 5.70. The molecule has 3 heterocycles. The van der Waals surface area contributed by atoms with Crippen molar-refractivity contribution in [3.05, 3.63) is 34.3 Å². The summed E-state index contributed by atoms with van der Waals surface area (Å²) in [6.07, 6.45) is -0.297. The molecule has 2 atom stereocenters. The van der Waals surface area contributed by atoms with Crippen LogP contribution in [0, 0.1) is 6.92 Å². The van der Waals surface area contributed by atoms with E-state index in [1.54, 1.807) is 0 Å². The Hall–Kier alpha value is -1.61. The highest BCUT2D eigenvalue weighted by Crippen LogP contribution is 2.36. The summed E-state index contributed by atoms with van der Waals surface area (Å²) in [5.41, 5.74) is 8.01. The fourth-order valence-electron chi connectivity index (χ4n) is 3.47. The van der Waals surface area contributed by atoms with Crippen molar-refractivity contribution in [2.24, 2.45) is 15.7 Å². The van der Waals surface area contributed by atoms with Crippen molar-refractivity contribution in [2.45, 2.75) is 24.9 Å². The molecular formula is C18H22ClN5O2S. The molecule has 1 aromatic carbocycles. The molecule has 0 spiro atoms. The number of nitrogens with zero attached hydrogens (tertiary/aromatic N) is 4. The fourth-order valence-corrected chi connectivity index (χ4v) is 4.87. The number of hydrogen-bond donors (Lipinski definition) is 1. The van der Waals surface area contributed by atoms with E-state index in [-0.39, 0.29) is 23.9 Å². The van der Waals surface area contributed by atoms with Crippen LogP contribution >= 0.6 is 23.4 Å². The summed E-state index contributed by atoms with van der Waals surface area (Å²) in [5.74, 6) is 0.421. The molecule has 0 radical (unpaired) electrons. The average Bonchev–Trinajstić information content (AvgIpc) is 3.14. The van der Waals surface area contributed by atoms with E-state index in [0.29, 0.717) is 25.6 Å². The van der Waals surface area contributed by atoms with Gasteiger partial charge in [0.15, 0.2) is 5.17 Å². The third-order valence-corrected chi connectivity index (χ3v) is 6.75. The van der Waals surface area contributed by atoms with Gasteiger partial charge in [0, 0.05) is 24.7 Å². The van der Waals surface area contributed by atoms with Gasteiger partial charge in [0.2, 0.25) is 0 Å². The van der Waals surface area contributed by atoms with Gasteiger partial charge < -0.3 is 20.3 Å². The first kappa shape index (κ1) is 18.7. The van der Waals surface area contributed by atoms with Crippen molar-refractivity contribution < 1.29 is 9.53 Å². The summed E-state index contributed by atoms with van der Waals surface area (Å²) < 4.78 is 5.42. The predicted molar refractivity (Wildman–Crippen MR) is 108 cm³/mol. The van der Waals surface area contributed by atoms with Crippen LogP contribution in [0.5, 0.6) is 0 Å². The van der Waals surface area contributed by atoms with Gasteiger partial charge in [-0.15, -0.1) is 0 Å². The molecule has 3 aliphatic rings. The monoisotopic (exact) mass is 407 g/mol. The zero-order valence-electron chi connectivity index (χ0n) is 15.1. The number of rotatable bonds is 3. The van der Waals surface area contributed by atoms with Gasteiger partial charge in [-0.25, -0.2) is 4.99 Å². The molecule has 0 saturated carbocycles. The highest BCUT2D eigenvalue weighted by Gasteiger charge is 2.45. The average molecular weight is 408 g/mol. The molecular weight excluding hydrogens is 386 g/mol. The van der Waals surface area contributed by atoms with Crippen molar-refractivity contribution in [3.63, 3.8) is 0 Å². The zero-order chi connectivity index (χ0) is 19.0. The number of nitrogens with two attached hydrogens (primary N) is 1. The number of hydrogen-bond acceptors (Lipinski definition) is 7. The number of amides is 1. The van der Waals surface area contributed by atoms with Crippen LogP contribution in [0.4, 0.5) is 0 Å². The summed E-state index contributed by atoms with van der Waals surface area (Å²) in [5, 5.41) is 1.28. The molecule has 2 N–H and O–H groups in total. The van der Waals surface area contributed by atoms with Gasteiger partial charge in [-0.05, 0) is 24.1 Å². The van der Waals surface area contributed by atoms with Gasteiger partial charge >= 0.3 is 0 Å². The summed E-state index contributed by atoms with van der Waals surface area (Å²) >= 11 is 7.78. The largest absolute Gasteiger partial charge is 0.378 e. The number of amidine groups is 2. The maximum Gasteiger partial charge on any atom is 0.265 e. The number of ether oxygens (including phenoxy) is 1. The number of aliphatic imine (C=N–C) groups is 2. The van der Waals surface area contributed by atoms with Crippen molar-refractivity contribution >= 4 is 40.3 Å². The lowest BCUT2D eigenvalue weighted by Gasteiger charge is -2.35. The number of halogens is 1. The van der Waals surface area contributed by atoms with Gasteiger partial charge in [-0.1, -0.05) is 35.5 Å². The van der Waals surface area contributed by atoms with Crippen molar-refractivity contribution in [1.29, 1.82) is 0 Å². The Morgan fingerprint density at radius 2 is 2.15 bits per heavy atom. The number of morpholine rings is 1. The van der Waals surface area contributed by atoms with E-state index in [9.17, 15) is 4.79 Å². The fraction of sp³-hybridized carbons (Fsp3) is 0.500. The third-order valence-electron chi connectivity index (χ3n) is 5.06. The molecule has 2 unspecified atom stereocenters. The lowest BCUT2D eigenvalue weighted by atomic mass is 10.1. The Kier molecular flexibility index (Phi) is 5.41. The van der Waals surface area contributed by atoms with E-state index >= 15 is 0 Å². The Morgan fingerprint density at radius 3 is 2.89 bits per heavy atom. The standard InChI is InChI=1S/C18H22ClN5O2S/c1-11-12(3-2-4-13(11)19)10-24-14(9-20)21-17(25)15-16(24)22-18(27-15)23-5-7-26-8-6-23/h2-4,15-16H,5-10,20H2,1H3. The molecule has 7 nitrogen and oxygen atoms in total. The zero-order valence-corrected chi connectivity index (χ0v) is 16.7. The molecule has 1 fully saturated rings. The molecule has 27 heavy (non-hydrogen) atoms. The molecule has 9 heteroatoms. The minimum absolute atomic E-state index is 0.156. The first-order valence-electron chi connectivity index (χ1n) is 8.97. The van der Waals surface area contributed by atoms with Crippen LogP contribution < -0.4 is 5.73 Å². The number of fused-ring (bicyclic) bond motifs is 1. The third kappa shape index (κ3) is 3.59. The van der Waals surface area contributed by atoms with Gasteiger partial charge in [0.25, 0.3) is 5.91 Å². The Morgan fingerprint density at radius 1 is 1.37 bits per heavy atom. The summed E-state index contributed by atoms with van der Waals surface area (Å²) in [7, 11) is 0. The lowest BCUT2D eigenvalue weighted by Crippen LogP contribution is -2.51. The highest BCUT2D eigenvalue weighted by molar-refractivity contribution is 8.15. The minimum atomic E-state index is -0.336. The first-order valence-corrected chi connectivity index (χ1v) is 10.2.